The Morgan fingerprint density at radius 1 is 1.38 bits per heavy atom. The number of imide groups is 1. The summed E-state index contributed by atoms with van der Waals surface area (Å²) >= 11 is 0. The number of hydrazine groups is 1. The van der Waals surface area contributed by atoms with Gasteiger partial charge in [-0.3, -0.25) is 14.9 Å². The maximum absolute atomic E-state index is 11.1. The van der Waals surface area contributed by atoms with Crippen LogP contribution in [-0.4, -0.2) is 28.0 Å². The van der Waals surface area contributed by atoms with E-state index in [1.54, 1.807) is 13.8 Å². The third-order valence-corrected chi connectivity index (χ3v) is 1.70. The Labute approximate surface area is 75.0 Å². The van der Waals surface area contributed by atoms with Gasteiger partial charge in [0.2, 0.25) is 5.76 Å². The normalized spacial score (nSPS) is 16.9. The third kappa shape index (κ3) is 1.48. The number of nitrogens with zero attached hydrogens (tertiary/aromatic N) is 1. The second-order valence-electron chi connectivity index (χ2n) is 2.98. The molecule has 0 saturated heterocycles. The number of carbonyl (C=O) groups is 2. The molecule has 1 aliphatic rings. The molecule has 72 valence electrons. The summed E-state index contributed by atoms with van der Waals surface area (Å²) in [6, 6.07) is -0.172. The predicted molar refractivity (Wildman–Crippen MR) is 44.0 cm³/mol. The lowest BCUT2D eigenvalue weighted by Crippen LogP contribution is -2.40. The van der Waals surface area contributed by atoms with E-state index in [0.29, 0.717) is 0 Å². The van der Waals surface area contributed by atoms with Crippen LogP contribution in [-0.2, 0) is 9.59 Å². The van der Waals surface area contributed by atoms with Crippen LogP contribution in [0.2, 0.25) is 0 Å². The predicted octanol–water partition coefficient (Wildman–Crippen LogP) is -1.00. The number of amides is 2. The maximum atomic E-state index is 11.1. The fourth-order valence-electron chi connectivity index (χ4n) is 0.934. The summed E-state index contributed by atoms with van der Waals surface area (Å²) < 4.78 is 0. The molecule has 0 fully saturated rings. The van der Waals surface area contributed by atoms with Gasteiger partial charge in [0.25, 0.3) is 11.8 Å². The number of carbonyl (C=O) groups excluding carboxylic acids is 2. The first-order valence-corrected chi connectivity index (χ1v) is 3.78. The van der Waals surface area contributed by atoms with Crippen molar-refractivity contribution >= 4 is 11.8 Å². The molecule has 0 spiro atoms. The monoisotopic (exact) mass is 185 g/mol. The highest BCUT2D eigenvalue weighted by molar-refractivity contribution is 6.17. The van der Waals surface area contributed by atoms with Crippen molar-refractivity contribution in [1.29, 1.82) is 0 Å². The molecule has 0 aliphatic carbocycles. The van der Waals surface area contributed by atoms with Crippen molar-refractivity contribution in [2.75, 3.05) is 0 Å². The molecule has 6 heteroatoms. The minimum absolute atomic E-state index is 0.172. The highest BCUT2D eigenvalue weighted by atomic mass is 16.3. The first kappa shape index (κ1) is 9.53. The van der Waals surface area contributed by atoms with Crippen LogP contribution in [0.3, 0.4) is 0 Å². The fourth-order valence-corrected chi connectivity index (χ4v) is 0.934. The number of nitrogens with two attached hydrogens (primary N) is 1. The van der Waals surface area contributed by atoms with Gasteiger partial charge in [0.15, 0.2) is 5.70 Å². The minimum atomic E-state index is -0.809. The van der Waals surface area contributed by atoms with E-state index in [9.17, 15) is 14.7 Å². The molecule has 6 nitrogen and oxygen atoms in total. The van der Waals surface area contributed by atoms with Gasteiger partial charge in [0, 0.05) is 6.04 Å². The zero-order chi connectivity index (χ0) is 10.2. The summed E-state index contributed by atoms with van der Waals surface area (Å²) in [7, 11) is 0. The molecule has 13 heavy (non-hydrogen) atoms. The largest absolute Gasteiger partial charge is 0.501 e. The van der Waals surface area contributed by atoms with Crippen LogP contribution in [0.15, 0.2) is 11.5 Å². The van der Waals surface area contributed by atoms with Crippen molar-refractivity contribution in [2.24, 2.45) is 5.84 Å². The molecular formula is C7H11N3O3. The first-order chi connectivity index (χ1) is 5.95. The van der Waals surface area contributed by atoms with Crippen molar-refractivity contribution in [3.63, 3.8) is 0 Å². The zero-order valence-electron chi connectivity index (χ0n) is 7.37. The quantitative estimate of drug-likeness (QED) is 0.291. The molecule has 1 aliphatic heterocycles. The topological polar surface area (TPSA) is 95.7 Å². The summed E-state index contributed by atoms with van der Waals surface area (Å²) in [6.07, 6.45) is 0. The molecule has 0 saturated carbocycles. The SMILES string of the molecule is CC(C)N(N)C1=C(O)C(=O)NC1=O. The molecule has 4 N–H and O–H groups in total. The Morgan fingerprint density at radius 3 is 2.23 bits per heavy atom. The number of hydrogen-bond donors (Lipinski definition) is 3. The molecular weight excluding hydrogens is 174 g/mol. The Morgan fingerprint density at radius 2 is 1.92 bits per heavy atom. The summed E-state index contributed by atoms with van der Waals surface area (Å²) in [5, 5.41) is 12.2. The van der Waals surface area contributed by atoms with Crippen molar-refractivity contribution in [2.45, 2.75) is 19.9 Å². The van der Waals surface area contributed by atoms with E-state index in [1.165, 1.54) is 0 Å². The van der Waals surface area contributed by atoms with E-state index in [4.69, 9.17) is 5.84 Å². The molecule has 0 aromatic carbocycles. The highest BCUT2D eigenvalue weighted by Gasteiger charge is 2.33. The Bertz CT molecular complexity index is 295. The maximum Gasteiger partial charge on any atom is 0.295 e. The first-order valence-electron chi connectivity index (χ1n) is 3.78. The average molecular weight is 185 g/mol. The highest BCUT2D eigenvalue weighted by Crippen LogP contribution is 2.13. The molecule has 0 atom stereocenters. The number of aliphatic hydroxyl groups is 1. The molecule has 1 rings (SSSR count). The van der Waals surface area contributed by atoms with Gasteiger partial charge in [-0.15, -0.1) is 0 Å². The van der Waals surface area contributed by atoms with Crippen molar-refractivity contribution in [3.05, 3.63) is 11.5 Å². The lowest BCUT2D eigenvalue weighted by atomic mass is 10.3. The van der Waals surface area contributed by atoms with Crippen LogP contribution in [0.1, 0.15) is 13.8 Å². The van der Waals surface area contributed by atoms with Gasteiger partial charge in [-0.05, 0) is 13.8 Å². The summed E-state index contributed by atoms with van der Waals surface area (Å²) in [5.74, 6) is 3.37. The van der Waals surface area contributed by atoms with Crippen LogP contribution in [0.25, 0.3) is 0 Å². The minimum Gasteiger partial charge on any atom is -0.501 e. The Balaban J connectivity index is 3.02. The van der Waals surface area contributed by atoms with Crippen LogP contribution >= 0.6 is 0 Å². The van der Waals surface area contributed by atoms with Crippen LogP contribution in [0.5, 0.6) is 0 Å². The third-order valence-electron chi connectivity index (χ3n) is 1.70. The van der Waals surface area contributed by atoms with Gasteiger partial charge in [-0.1, -0.05) is 0 Å². The number of aliphatic hydroxyl groups excluding tert-OH is 1. The van der Waals surface area contributed by atoms with Crippen molar-refractivity contribution in [1.82, 2.24) is 10.3 Å². The van der Waals surface area contributed by atoms with Gasteiger partial charge < -0.3 is 10.1 Å². The molecule has 0 bridgehead atoms. The summed E-state index contributed by atoms with van der Waals surface area (Å²) in [6.45, 7) is 3.46. The van der Waals surface area contributed by atoms with Gasteiger partial charge in [0.1, 0.15) is 0 Å². The molecule has 2 amide bonds. The average Bonchev–Trinajstić information content (AvgIpc) is 2.26. The van der Waals surface area contributed by atoms with Crippen molar-refractivity contribution < 1.29 is 14.7 Å². The number of nitrogens with one attached hydrogen (secondary N) is 1. The van der Waals surface area contributed by atoms with E-state index < -0.39 is 17.6 Å². The lowest BCUT2D eigenvalue weighted by molar-refractivity contribution is -0.125. The molecule has 0 unspecified atom stereocenters. The molecule has 0 aromatic rings. The molecule has 1 heterocycles. The number of hydrogen-bond acceptors (Lipinski definition) is 5. The van der Waals surface area contributed by atoms with Crippen LogP contribution in [0.4, 0.5) is 0 Å². The fraction of sp³-hybridized carbons (Fsp3) is 0.429. The Hall–Kier alpha value is -1.56. The van der Waals surface area contributed by atoms with E-state index in [-0.39, 0.29) is 11.7 Å². The lowest BCUT2D eigenvalue weighted by Gasteiger charge is -2.21. The van der Waals surface area contributed by atoms with Gasteiger partial charge in [-0.25, -0.2) is 5.84 Å². The van der Waals surface area contributed by atoms with E-state index >= 15 is 0 Å². The standard InChI is InChI=1S/C7H11N3O3/c1-3(2)10(8)4-5(11)7(13)9-6(4)12/h3H,8H2,1-2H3,(H2,9,11,12,13). The van der Waals surface area contributed by atoms with E-state index in [0.717, 1.165) is 5.01 Å². The van der Waals surface area contributed by atoms with Crippen LogP contribution in [0, 0.1) is 0 Å². The molecule has 0 radical (unpaired) electrons. The van der Waals surface area contributed by atoms with Gasteiger partial charge in [0.05, 0.1) is 0 Å². The smallest absolute Gasteiger partial charge is 0.295 e. The van der Waals surface area contributed by atoms with Crippen LogP contribution < -0.4 is 11.2 Å². The van der Waals surface area contributed by atoms with E-state index in [2.05, 4.69) is 0 Å². The Kier molecular flexibility index (Phi) is 2.24. The summed E-state index contributed by atoms with van der Waals surface area (Å²) in [4.78, 5) is 21.9. The second kappa shape index (κ2) is 3.06. The zero-order valence-corrected chi connectivity index (χ0v) is 7.37. The van der Waals surface area contributed by atoms with Gasteiger partial charge >= 0.3 is 0 Å². The van der Waals surface area contributed by atoms with E-state index in [1.807, 2.05) is 5.32 Å². The number of rotatable bonds is 2. The van der Waals surface area contributed by atoms with Gasteiger partial charge in [-0.2, -0.15) is 0 Å². The second-order valence-corrected chi connectivity index (χ2v) is 2.98. The molecule has 0 aromatic heterocycles. The van der Waals surface area contributed by atoms with Crippen molar-refractivity contribution in [3.8, 4) is 0 Å². The summed E-state index contributed by atoms with van der Waals surface area (Å²) in [5.41, 5.74) is -0.181.